The van der Waals surface area contributed by atoms with E-state index in [0.717, 1.165) is 19.4 Å². The van der Waals surface area contributed by atoms with Crippen LogP contribution in [0.4, 0.5) is 0 Å². The second kappa shape index (κ2) is 2.72. The topological polar surface area (TPSA) is 23.3 Å². The van der Waals surface area contributed by atoms with Gasteiger partial charge in [-0.05, 0) is 12.8 Å². The molecule has 1 radical (unpaired) electrons. The lowest BCUT2D eigenvalue weighted by atomic mass is 9.89. The largest absolute Gasteiger partial charge is 0.364 e. The predicted octanol–water partition coefficient (Wildman–Crippen LogP) is 0.913. The second-order valence-corrected chi connectivity index (χ2v) is 2.95. The second-order valence-electron chi connectivity index (χ2n) is 2.95. The Kier molecular flexibility index (Phi) is 1.74. The molecule has 1 aliphatic heterocycles. The van der Waals surface area contributed by atoms with E-state index >= 15 is 0 Å². The lowest BCUT2D eigenvalue weighted by molar-refractivity contribution is 0.0138. The lowest BCUT2D eigenvalue weighted by Gasteiger charge is -2.31. The first-order valence-electron chi connectivity index (χ1n) is 3.86. The summed E-state index contributed by atoms with van der Waals surface area (Å²) in [5.74, 6) is 0.679. The number of fused-ring (bicyclic) bond motifs is 1. The highest BCUT2D eigenvalue weighted by atomic mass is 16.5. The van der Waals surface area contributed by atoms with Gasteiger partial charge in [0.1, 0.15) is 6.73 Å². The molecule has 2 aliphatic rings. The fraction of sp³-hybridized carbons (Fsp3) is 0.750. The van der Waals surface area contributed by atoms with Gasteiger partial charge < -0.3 is 4.74 Å². The standard InChI is InChI=1S/C8H12NO/c1-2-4-8-7(3-1)5-10-6-9-8/h1-2,7-8H,3-6H2. The highest BCUT2D eigenvalue weighted by molar-refractivity contribution is 4.98. The Balaban J connectivity index is 2.01. The van der Waals surface area contributed by atoms with E-state index in [9.17, 15) is 0 Å². The zero-order valence-corrected chi connectivity index (χ0v) is 5.99. The minimum absolute atomic E-state index is 0.568. The summed E-state index contributed by atoms with van der Waals surface area (Å²) in [5.41, 5.74) is 0. The molecule has 2 rings (SSSR count). The van der Waals surface area contributed by atoms with Gasteiger partial charge >= 0.3 is 0 Å². The molecule has 1 heterocycles. The molecule has 0 spiro atoms. The minimum atomic E-state index is 0.568. The summed E-state index contributed by atoms with van der Waals surface area (Å²) in [6.45, 7) is 1.54. The lowest BCUT2D eigenvalue weighted by Crippen LogP contribution is -2.40. The Morgan fingerprint density at radius 1 is 1.30 bits per heavy atom. The molecule has 0 bridgehead atoms. The molecule has 0 N–H and O–H groups in total. The molecule has 0 aromatic carbocycles. The van der Waals surface area contributed by atoms with Crippen LogP contribution in [0.25, 0.3) is 0 Å². The fourth-order valence-corrected chi connectivity index (χ4v) is 1.61. The number of allylic oxidation sites excluding steroid dienone is 1. The number of ether oxygens (including phenoxy) is 1. The fourth-order valence-electron chi connectivity index (χ4n) is 1.61. The summed E-state index contributed by atoms with van der Waals surface area (Å²) < 4.78 is 5.24. The van der Waals surface area contributed by atoms with Crippen molar-refractivity contribution >= 4 is 0 Å². The van der Waals surface area contributed by atoms with Gasteiger partial charge in [0.05, 0.1) is 6.61 Å². The Morgan fingerprint density at radius 3 is 3.10 bits per heavy atom. The summed E-state index contributed by atoms with van der Waals surface area (Å²) in [6.07, 6.45) is 6.77. The normalized spacial score (nSPS) is 39.2. The van der Waals surface area contributed by atoms with Gasteiger partial charge in [-0.3, -0.25) is 0 Å². The van der Waals surface area contributed by atoms with E-state index in [-0.39, 0.29) is 0 Å². The van der Waals surface area contributed by atoms with Crippen LogP contribution in [0.1, 0.15) is 12.8 Å². The van der Waals surface area contributed by atoms with Gasteiger partial charge in [-0.15, -0.1) is 0 Å². The van der Waals surface area contributed by atoms with Crippen LogP contribution in [-0.4, -0.2) is 19.4 Å². The summed E-state index contributed by atoms with van der Waals surface area (Å²) in [6, 6.07) is 0.568. The molecule has 1 fully saturated rings. The molecular weight excluding hydrogens is 126 g/mol. The third-order valence-corrected chi connectivity index (χ3v) is 2.26. The van der Waals surface area contributed by atoms with E-state index in [0.29, 0.717) is 18.7 Å². The van der Waals surface area contributed by atoms with Crippen molar-refractivity contribution in [3.05, 3.63) is 12.2 Å². The van der Waals surface area contributed by atoms with Gasteiger partial charge in [0.2, 0.25) is 0 Å². The average molecular weight is 138 g/mol. The molecule has 2 atom stereocenters. The molecule has 0 amide bonds. The molecule has 0 aromatic heterocycles. The quantitative estimate of drug-likeness (QED) is 0.456. The van der Waals surface area contributed by atoms with Crippen LogP contribution < -0.4 is 5.32 Å². The zero-order chi connectivity index (χ0) is 6.81. The summed E-state index contributed by atoms with van der Waals surface area (Å²) in [4.78, 5) is 0. The maximum atomic E-state index is 5.24. The maximum Gasteiger partial charge on any atom is 0.112 e. The van der Waals surface area contributed by atoms with Crippen LogP contribution in [0.5, 0.6) is 0 Å². The van der Waals surface area contributed by atoms with Gasteiger partial charge in [-0.1, -0.05) is 12.2 Å². The molecule has 0 aromatic rings. The van der Waals surface area contributed by atoms with Crippen molar-refractivity contribution < 1.29 is 4.74 Å². The van der Waals surface area contributed by atoms with Crippen LogP contribution in [0.15, 0.2) is 12.2 Å². The van der Waals surface area contributed by atoms with Crippen LogP contribution in [0, 0.1) is 5.92 Å². The summed E-state index contributed by atoms with van der Waals surface area (Å²) in [7, 11) is 0. The maximum absolute atomic E-state index is 5.24. The molecule has 55 valence electrons. The van der Waals surface area contributed by atoms with Gasteiger partial charge in [-0.2, -0.15) is 0 Å². The van der Waals surface area contributed by atoms with Gasteiger partial charge in [0, 0.05) is 12.0 Å². The van der Waals surface area contributed by atoms with Crippen molar-refractivity contribution in [1.82, 2.24) is 5.32 Å². The van der Waals surface area contributed by atoms with E-state index < -0.39 is 0 Å². The van der Waals surface area contributed by atoms with Crippen molar-refractivity contribution in [2.24, 2.45) is 5.92 Å². The van der Waals surface area contributed by atoms with E-state index in [1.54, 1.807) is 0 Å². The van der Waals surface area contributed by atoms with Crippen molar-refractivity contribution in [2.45, 2.75) is 18.9 Å². The molecule has 2 unspecified atom stereocenters. The van der Waals surface area contributed by atoms with Crippen LogP contribution in [0.2, 0.25) is 0 Å². The molecule has 0 saturated carbocycles. The first-order valence-corrected chi connectivity index (χ1v) is 3.86. The molecule has 2 nitrogen and oxygen atoms in total. The number of hydrogen-bond donors (Lipinski definition) is 0. The molecule has 10 heavy (non-hydrogen) atoms. The van der Waals surface area contributed by atoms with Crippen molar-refractivity contribution in [1.29, 1.82) is 0 Å². The van der Waals surface area contributed by atoms with Gasteiger partial charge in [-0.25, -0.2) is 5.32 Å². The summed E-state index contributed by atoms with van der Waals surface area (Å²) in [5, 5.41) is 4.38. The van der Waals surface area contributed by atoms with E-state index in [4.69, 9.17) is 4.74 Å². The Labute approximate surface area is 61.3 Å². The third-order valence-electron chi connectivity index (χ3n) is 2.26. The molecule has 2 heteroatoms. The zero-order valence-electron chi connectivity index (χ0n) is 5.99. The Morgan fingerprint density at radius 2 is 2.20 bits per heavy atom. The first-order chi connectivity index (χ1) is 4.97. The molecule has 1 aliphatic carbocycles. The van der Waals surface area contributed by atoms with E-state index in [2.05, 4.69) is 17.5 Å². The number of nitrogens with zero attached hydrogens (tertiary/aromatic N) is 1. The summed E-state index contributed by atoms with van der Waals surface area (Å²) >= 11 is 0. The van der Waals surface area contributed by atoms with Crippen LogP contribution >= 0.6 is 0 Å². The van der Waals surface area contributed by atoms with Crippen molar-refractivity contribution in [2.75, 3.05) is 13.3 Å². The van der Waals surface area contributed by atoms with Crippen LogP contribution in [0.3, 0.4) is 0 Å². The average Bonchev–Trinajstić information content (AvgIpc) is 2.05. The monoisotopic (exact) mass is 138 g/mol. The predicted molar refractivity (Wildman–Crippen MR) is 38.6 cm³/mol. The minimum Gasteiger partial charge on any atom is -0.364 e. The highest BCUT2D eigenvalue weighted by Gasteiger charge is 2.26. The smallest absolute Gasteiger partial charge is 0.112 e. The van der Waals surface area contributed by atoms with Crippen molar-refractivity contribution in [3.8, 4) is 0 Å². The van der Waals surface area contributed by atoms with E-state index in [1.165, 1.54) is 0 Å². The Bertz CT molecular complexity index is 128. The number of hydrogen-bond acceptors (Lipinski definition) is 1. The molecule has 1 saturated heterocycles. The number of rotatable bonds is 0. The molecular formula is C8H12NO. The highest BCUT2D eigenvalue weighted by Crippen LogP contribution is 2.22. The third kappa shape index (κ3) is 1.09. The van der Waals surface area contributed by atoms with Crippen LogP contribution in [-0.2, 0) is 4.74 Å². The van der Waals surface area contributed by atoms with Crippen molar-refractivity contribution in [3.63, 3.8) is 0 Å². The first kappa shape index (κ1) is 6.38. The van der Waals surface area contributed by atoms with E-state index in [1.807, 2.05) is 0 Å². The Hall–Kier alpha value is -0.340. The SMILES string of the molecule is C1=CCC2[N]COCC2C1. The van der Waals surface area contributed by atoms with Gasteiger partial charge in [0.15, 0.2) is 0 Å². The van der Waals surface area contributed by atoms with Gasteiger partial charge in [0.25, 0.3) is 0 Å².